The van der Waals surface area contributed by atoms with Crippen molar-refractivity contribution in [2.24, 2.45) is 5.73 Å². The third-order valence-corrected chi connectivity index (χ3v) is 5.12. The van der Waals surface area contributed by atoms with Crippen LogP contribution < -0.4 is 10.5 Å². The Bertz CT molecular complexity index is 734. The molecule has 2 nitrogen and oxygen atoms in total. The first-order valence-electron chi connectivity index (χ1n) is 6.01. The molecule has 0 spiro atoms. The van der Waals surface area contributed by atoms with E-state index in [-0.39, 0.29) is 5.75 Å². The van der Waals surface area contributed by atoms with Crippen molar-refractivity contribution in [3.05, 3.63) is 52.2 Å². The average Bonchev–Trinajstić information content (AvgIpc) is 2.97. The van der Waals surface area contributed by atoms with Crippen LogP contribution in [0.3, 0.4) is 0 Å². The van der Waals surface area contributed by atoms with Gasteiger partial charge in [-0.25, -0.2) is 0 Å². The summed E-state index contributed by atoms with van der Waals surface area (Å²) in [7, 11) is 0. The molecule has 0 radical (unpaired) electrons. The maximum Gasteiger partial charge on any atom is 0.573 e. The molecule has 21 heavy (non-hydrogen) atoms. The van der Waals surface area contributed by atoms with Crippen LogP contribution in [0.1, 0.15) is 16.5 Å². The Morgan fingerprint density at radius 2 is 1.86 bits per heavy atom. The van der Waals surface area contributed by atoms with E-state index in [1.165, 1.54) is 23.5 Å². The van der Waals surface area contributed by atoms with Crippen LogP contribution in [0.25, 0.3) is 9.40 Å². The first-order chi connectivity index (χ1) is 9.94. The van der Waals surface area contributed by atoms with Gasteiger partial charge in [0.25, 0.3) is 0 Å². The molecule has 0 fully saturated rings. The zero-order valence-corrected chi connectivity index (χ0v) is 12.2. The van der Waals surface area contributed by atoms with Crippen molar-refractivity contribution >= 4 is 32.1 Å². The van der Waals surface area contributed by atoms with Crippen LogP contribution in [0, 0.1) is 0 Å². The molecule has 7 heteroatoms. The van der Waals surface area contributed by atoms with Gasteiger partial charge in [0, 0.05) is 19.8 Å². The Kier molecular flexibility index (Phi) is 3.64. The van der Waals surface area contributed by atoms with Crippen LogP contribution in [0.2, 0.25) is 0 Å². The van der Waals surface area contributed by atoms with Crippen molar-refractivity contribution in [3.8, 4) is 5.75 Å². The van der Waals surface area contributed by atoms with E-state index in [2.05, 4.69) is 4.74 Å². The standard InChI is InChI=1S/C14H10F3NOS2/c15-14(16,17)19-9-4-2-1-3-8(9)13(18)12-7-11-10(21-12)5-6-20-11/h1-7,13H,18H2. The molecule has 0 saturated carbocycles. The van der Waals surface area contributed by atoms with Crippen LogP contribution in [0.4, 0.5) is 13.2 Å². The molecule has 3 aromatic rings. The summed E-state index contributed by atoms with van der Waals surface area (Å²) >= 11 is 3.06. The summed E-state index contributed by atoms with van der Waals surface area (Å²) in [5.74, 6) is -0.255. The Morgan fingerprint density at radius 1 is 1.10 bits per heavy atom. The Labute approximate surface area is 126 Å². The largest absolute Gasteiger partial charge is 0.573 e. The number of fused-ring (bicyclic) bond motifs is 1. The van der Waals surface area contributed by atoms with E-state index in [9.17, 15) is 13.2 Å². The molecule has 3 rings (SSSR count). The van der Waals surface area contributed by atoms with Gasteiger partial charge in [0.1, 0.15) is 5.75 Å². The molecule has 0 bridgehead atoms. The highest BCUT2D eigenvalue weighted by atomic mass is 32.1. The van der Waals surface area contributed by atoms with Gasteiger partial charge in [0.05, 0.1) is 6.04 Å². The first kappa shape index (κ1) is 14.4. The molecule has 0 aliphatic carbocycles. The molecular formula is C14H10F3NOS2. The van der Waals surface area contributed by atoms with Gasteiger partial charge in [-0.05, 0) is 23.6 Å². The normalized spacial score (nSPS) is 13.5. The molecule has 2 aromatic heterocycles. The number of halogens is 3. The predicted octanol–water partition coefficient (Wildman–Crippen LogP) is 4.91. The predicted molar refractivity (Wildman–Crippen MR) is 78.9 cm³/mol. The number of ether oxygens (including phenoxy) is 1. The fourth-order valence-electron chi connectivity index (χ4n) is 2.05. The molecule has 0 amide bonds. The molecule has 2 N–H and O–H groups in total. The van der Waals surface area contributed by atoms with Crippen LogP contribution in [-0.4, -0.2) is 6.36 Å². The minimum absolute atomic E-state index is 0.255. The number of alkyl halides is 3. The van der Waals surface area contributed by atoms with E-state index in [4.69, 9.17) is 5.73 Å². The third-order valence-electron chi connectivity index (χ3n) is 2.94. The van der Waals surface area contributed by atoms with Gasteiger partial charge < -0.3 is 10.5 Å². The van der Waals surface area contributed by atoms with E-state index < -0.39 is 12.4 Å². The highest BCUT2D eigenvalue weighted by Gasteiger charge is 2.32. The number of benzene rings is 1. The summed E-state index contributed by atoms with van der Waals surface area (Å²) < 4.78 is 43.6. The lowest BCUT2D eigenvalue weighted by atomic mass is 10.1. The second-order valence-electron chi connectivity index (χ2n) is 4.36. The number of nitrogens with two attached hydrogens (primary N) is 1. The minimum Gasteiger partial charge on any atom is -0.405 e. The summed E-state index contributed by atoms with van der Waals surface area (Å²) in [4.78, 5) is 0.815. The molecule has 110 valence electrons. The Morgan fingerprint density at radius 3 is 2.57 bits per heavy atom. The van der Waals surface area contributed by atoms with Gasteiger partial charge in [-0.2, -0.15) is 0 Å². The van der Waals surface area contributed by atoms with Crippen molar-refractivity contribution in [2.45, 2.75) is 12.4 Å². The summed E-state index contributed by atoms with van der Waals surface area (Å²) in [5.41, 5.74) is 6.45. The zero-order chi connectivity index (χ0) is 15.0. The lowest BCUT2D eigenvalue weighted by molar-refractivity contribution is -0.274. The second kappa shape index (κ2) is 5.32. The van der Waals surface area contributed by atoms with Gasteiger partial charge in [0.2, 0.25) is 0 Å². The van der Waals surface area contributed by atoms with Crippen LogP contribution >= 0.6 is 22.7 Å². The van der Waals surface area contributed by atoms with Crippen LogP contribution in [0.15, 0.2) is 41.8 Å². The summed E-state index contributed by atoms with van der Waals surface area (Å²) in [6, 6.07) is 9.21. The van der Waals surface area contributed by atoms with E-state index >= 15 is 0 Å². The van der Waals surface area contributed by atoms with Crippen LogP contribution in [-0.2, 0) is 0 Å². The average molecular weight is 329 g/mol. The molecule has 2 heterocycles. The highest BCUT2D eigenvalue weighted by molar-refractivity contribution is 7.27. The van der Waals surface area contributed by atoms with Gasteiger partial charge in [0.15, 0.2) is 0 Å². The minimum atomic E-state index is -4.73. The monoisotopic (exact) mass is 329 g/mol. The Balaban J connectivity index is 1.97. The van der Waals surface area contributed by atoms with E-state index in [1.807, 2.05) is 17.5 Å². The first-order valence-corrected chi connectivity index (χ1v) is 7.71. The lowest BCUT2D eigenvalue weighted by Crippen LogP contribution is -2.20. The van der Waals surface area contributed by atoms with Crippen LogP contribution in [0.5, 0.6) is 5.75 Å². The number of rotatable bonds is 3. The lowest BCUT2D eigenvalue weighted by Gasteiger charge is -2.16. The molecule has 1 aromatic carbocycles. The Hall–Kier alpha value is -1.57. The second-order valence-corrected chi connectivity index (χ2v) is 6.42. The number of thiophene rings is 2. The number of hydrogen-bond acceptors (Lipinski definition) is 4. The van der Waals surface area contributed by atoms with Crippen molar-refractivity contribution in [1.29, 1.82) is 0 Å². The highest BCUT2D eigenvalue weighted by Crippen LogP contribution is 2.38. The van der Waals surface area contributed by atoms with E-state index in [1.54, 1.807) is 23.5 Å². The van der Waals surface area contributed by atoms with Gasteiger partial charge in [-0.1, -0.05) is 18.2 Å². The van der Waals surface area contributed by atoms with Crippen molar-refractivity contribution in [2.75, 3.05) is 0 Å². The topological polar surface area (TPSA) is 35.2 Å². The molecule has 1 atom stereocenters. The zero-order valence-electron chi connectivity index (χ0n) is 10.6. The maximum atomic E-state index is 12.4. The van der Waals surface area contributed by atoms with Crippen molar-refractivity contribution < 1.29 is 17.9 Å². The molecule has 1 unspecified atom stereocenters. The molecule has 0 aliphatic heterocycles. The third kappa shape index (κ3) is 3.04. The van der Waals surface area contributed by atoms with Gasteiger partial charge >= 0.3 is 6.36 Å². The molecule has 0 aliphatic rings. The fourth-order valence-corrected chi connectivity index (χ4v) is 4.19. The molecular weight excluding hydrogens is 319 g/mol. The van der Waals surface area contributed by atoms with Crippen molar-refractivity contribution in [1.82, 2.24) is 0 Å². The fraction of sp³-hybridized carbons (Fsp3) is 0.143. The van der Waals surface area contributed by atoms with Gasteiger partial charge in [-0.3, -0.25) is 0 Å². The maximum absolute atomic E-state index is 12.4. The quantitative estimate of drug-likeness (QED) is 0.741. The summed E-state index contributed by atoms with van der Waals surface area (Å²) in [5, 5.41) is 1.97. The summed E-state index contributed by atoms with van der Waals surface area (Å²) in [6.45, 7) is 0. The SMILES string of the molecule is NC(c1cc2sccc2s1)c1ccccc1OC(F)(F)F. The smallest absolute Gasteiger partial charge is 0.405 e. The molecule has 0 saturated heterocycles. The van der Waals surface area contributed by atoms with E-state index in [0.717, 1.165) is 14.3 Å². The number of hydrogen-bond donors (Lipinski definition) is 1. The van der Waals surface area contributed by atoms with Gasteiger partial charge in [-0.15, -0.1) is 35.8 Å². The summed E-state index contributed by atoms with van der Waals surface area (Å²) in [6.07, 6.45) is -4.73. The van der Waals surface area contributed by atoms with E-state index in [0.29, 0.717) is 5.56 Å². The number of para-hydroxylation sites is 1. The van der Waals surface area contributed by atoms with Crippen molar-refractivity contribution in [3.63, 3.8) is 0 Å².